The zero-order valence-electron chi connectivity index (χ0n) is 16.1. The maximum atomic E-state index is 6.27. The smallest absolute Gasteiger partial charge is 0.191 e. The normalized spacial score (nSPS) is 10.9. The highest BCUT2D eigenvalue weighted by atomic mass is 35.5. The van der Waals surface area contributed by atoms with Crippen LogP contribution in [0.15, 0.2) is 48.1 Å². The van der Waals surface area contributed by atoms with Crippen LogP contribution in [0.4, 0.5) is 0 Å². The lowest BCUT2D eigenvalue weighted by molar-refractivity contribution is 0.289. The Morgan fingerprint density at radius 2 is 1.76 bits per heavy atom. The van der Waals surface area contributed by atoms with Crippen LogP contribution in [0.25, 0.3) is 0 Å². The van der Waals surface area contributed by atoms with Gasteiger partial charge in [-0.15, -0.1) is 16.8 Å². The molecule has 2 aromatic carbocycles. The zero-order valence-corrected chi connectivity index (χ0v) is 19.2. The zero-order chi connectivity index (χ0) is 21.0. The van der Waals surface area contributed by atoms with Crippen molar-refractivity contribution in [3.8, 4) is 5.75 Å². The molecule has 0 aliphatic rings. The Balaban J connectivity index is 1.75. The molecule has 0 N–H and O–H groups in total. The van der Waals surface area contributed by atoms with Crippen LogP contribution in [0.3, 0.4) is 0 Å². The Kier molecular flexibility index (Phi) is 7.52. The van der Waals surface area contributed by atoms with Crippen molar-refractivity contribution in [2.45, 2.75) is 37.9 Å². The van der Waals surface area contributed by atoms with E-state index < -0.39 is 0 Å². The van der Waals surface area contributed by atoms with Crippen LogP contribution < -0.4 is 4.74 Å². The molecule has 0 radical (unpaired) electrons. The van der Waals surface area contributed by atoms with Crippen LogP contribution in [0, 0.1) is 13.8 Å². The number of aryl methyl sites for hydroxylation is 2. The molecule has 0 fully saturated rings. The van der Waals surface area contributed by atoms with E-state index in [1.165, 1.54) is 11.8 Å². The van der Waals surface area contributed by atoms with Crippen LogP contribution in [0.5, 0.6) is 5.75 Å². The number of thioether (sulfide) groups is 1. The quantitative estimate of drug-likeness (QED) is 0.266. The van der Waals surface area contributed by atoms with Crippen molar-refractivity contribution >= 4 is 46.6 Å². The van der Waals surface area contributed by atoms with Gasteiger partial charge < -0.3 is 4.74 Å². The van der Waals surface area contributed by atoms with E-state index in [0.717, 1.165) is 32.6 Å². The number of nitrogens with zero attached hydrogens (tertiary/aromatic N) is 3. The monoisotopic (exact) mass is 467 g/mol. The molecule has 0 amide bonds. The third-order valence-corrected chi connectivity index (χ3v) is 6.59. The minimum absolute atomic E-state index is 0.286. The van der Waals surface area contributed by atoms with E-state index in [4.69, 9.17) is 39.5 Å². The summed E-state index contributed by atoms with van der Waals surface area (Å²) >= 11 is 20.3. The molecule has 4 nitrogen and oxygen atoms in total. The molecular weight excluding hydrogens is 449 g/mol. The van der Waals surface area contributed by atoms with Gasteiger partial charge in [0.1, 0.15) is 12.4 Å². The van der Waals surface area contributed by atoms with Gasteiger partial charge in [0.15, 0.2) is 11.0 Å². The summed E-state index contributed by atoms with van der Waals surface area (Å²) in [5, 5.41) is 11.4. The van der Waals surface area contributed by atoms with Crippen molar-refractivity contribution in [1.82, 2.24) is 14.8 Å². The molecular formula is C21H20Cl3N3OS. The fourth-order valence-corrected chi connectivity index (χ4v) is 4.61. The molecule has 1 heterocycles. The second-order valence-electron chi connectivity index (χ2n) is 6.45. The van der Waals surface area contributed by atoms with Gasteiger partial charge >= 0.3 is 0 Å². The third kappa shape index (κ3) is 5.28. The highest BCUT2D eigenvalue weighted by Crippen LogP contribution is 2.31. The first-order chi connectivity index (χ1) is 13.9. The number of rotatable bonds is 8. The first-order valence-electron chi connectivity index (χ1n) is 8.89. The maximum absolute atomic E-state index is 6.27. The molecule has 0 aliphatic carbocycles. The number of benzene rings is 2. The van der Waals surface area contributed by atoms with E-state index in [-0.39, 0.29) is 6.61 Å². The van der Waals surface area contributed by atoms with Gasteiger partial charge in [0.25, 0.3) is 0 Å². The van der Waals surface area contributed by atoms with Crippen LogP contribution in [-0.2, 0) is 18.9 Å². The molecule has 152 valence electrons. The Bertz CT molecular complexity index is 993. The third-order valence-electron chi connectivity index (χ3n) is 4.29. The number of ether oxygens (including phenoxy) is 1. The standard InChI is InChI=1S/C21H20Cl3N3OS/c1-4-8-27-19(11-28-15-9-13(2)20(24)14(3)10-15)25-26-21(27)29-12-16-17(22)6-5-7-18(16)23/h4-7,9-10H,1,8,11-12H2,2-3H3. The summed E-state index contributed by atoms with van der Waals surface area (Å²) < 4.78 is 7.91. The molecule has 0 bridgehead atoms. The fourth-order valence-electron chi connectivity index (χ4n) is 2.79. The van der Waals surface area contributed by atoms with E-state index in [0.29, 0.717) is 28.2 Å². The molecule has 8 heteroatoms. The summed E-state index contributed by atoms with van der Waals surface area (Å²) in [4.78, 5) is 0. The van der Waals surface area contributed by atoms with Crippen molar-refractivity contribution < 1.29 is 4.74 Å². The van der Waals surface area contributed by atoms with Crippen molar-refractivity contribution in [2.24, 2.45) is 0 Å². The van der Waals surface area contributed by atoms with Gasteiger partial charge in [0.05, 0.1) is 0 Å². The van der Waals surface area contributed by atoms with Crippen molar-refractivity contribution in [2.75, 3.05) is 0 Å². The average Bonchev–Trinajstić information content (AvgIpc) is 3.06. The van der Waals surface area contributed by atoms with Gasteiger partial charge in [-0.1, -0.05) is 58.7 Å². The average molecular weight is 469 g/mol. The first-order valence-corrected chi connectivity index (χ1v) is 11.0. The number of allylic oxidation sites excluding steroid dienone is 1. The molecule has 1 aromatic heterocycles. The summed E-state index contributed by atoms with van der Waals surface area (Å²) in [6, 6.07) is 9.31. The molecule has 3 rings (SSSR count). The predicted octanol–water partition coefficient (Wildman–Crippen LogP) is 6.91. The molecule has 0 spiro atoms. The molecule has 0 unspecified atom stereocenters. The number of hydrogen-bond acceptors (Lipinski definition) is 4. The fraction of sp³-hybridized carbons (Fsp3) is 0.238. The van der Waals surface area contributed by atoms with E-state index in [9.17, 15) is 0 Å². The van der Waals surface area contributed by atoms with Gasteiger partial charge in [-0.3, -0.25) is 4.57 Å². The maximum Gasteiger partial charge on any atom is 0.191 e. The Hall–Kier alpha value is -1.66. The number of halogens is 3. The second-order valence-corrected chi connectivity index (χ2v) is 8.58. The molecule has 3 aromatic rings. The van der Waals surface area contributed by atoms with Crippen LogP contribution in [0.2, 0.25) is 15.1 Å². The van der Waals surface area contributed by atoms with Crippen LogP contribution in [-0.4, -0.2) is 14.8 Å². The molecule has 0 saturated carbocycles. The lowest BCUT2D eigenvalue weighted by Gasteiger charge is -2.11. The Labute approximate surface area is 189 Å². The minimum atomic E-state index is 0.286. The van der Waals surface area contributed by atoms with Gasteiger partial charge in [-0.2, -0.15) is 0 Å². The Morgan fingerprint density at radius 1 is 1.10 bits per heavy atom. The van der Waals surface area contributed by atoms with E-state index in [1.807, 2.05) is 48.7 Å². The van der Waals surface area contributed by atoms with E-state index in [1.54, 1.807) is 6.08 Å². The summed E-state index contributed by atoms with van der Waals surface area (Å²) in [5.41, 5.74) is 2.82. The molecule has 0 aliphatic heterocycles. The summed E-state index contributed by atoms with van der Waals surface area (Å²) in [6.07, 6.45) is 1.80. The topological polar surface area (TPSA) is 39.9 Å². The number of hydrogen-bond donors (Lipinski definition) is 0. The summed E-state index contributed by atoms with van der Waals surface area (Å²) in [6.45, 7) is 8.60. The van der Waals surface area contributed by atoms with Crippen molar-refractivity contribution in [3.63, 3.8) is 0 Å². The minimum Gasteiger partial charge on any atom is -0.486 e. The van der Waals surface area contributed by atoms with Gasteiger partial charge in [0.2, 0.25) is 0 Å². The van der Waals surface area contributed by atoms with Crippen molar-refractivity contribution in [1.29, 1.82) is 0 Å². The highest BCUT2D eigenvalue weighted by Gasteiger charge is 2.15. The lowest BCUT2D eigenvalue weighted by Crippen LogP contribution is -2.07. The SMILES string of the molecule is C=CCn1c(COc2cc(C)c(Cl)c(C)c2)nnc1SCc1c(Cl)cccc1Cl. The second kappa shape index (κ2) is 9.90. The summed E-state index contributed by atoms with van der Waals surface area (Å²) in [7, 11) is 0. The van der Waals surface area contributed by atoms with Crippen LogP contribution >= 0.6 is 46.6 Å². The predicted molar refractivity (Wildman–Crippen MR) is 122 cm³/mol. The molecule has 29 heavy (non-hydrogen) atoms. The van der Waals surface area contributed by atoms with Gasteiger partial charge in [-0.25, -0.2) is 0 Å². The largest absolute Gasteiger partial charge is 0.486 e. The molecule has 0 saturated heterocycles. The van der Waals surface area contributed by atoms with Crippen molar-refractivity contribution in [3.05, 3.63) is 80.6 Å². The first kappa shape index (κ1) is 22.0. The van der Waals surface area contributed by atoms with Gasteiger partial charge in [0, 0.05) is 27.4 Å². The number of aromatic nitrogens is 3. The van der Waals surface area contributed by atoms with E-state index in [2.05, 4.69) is 16.8 Å². The lowest BCUT2D eigenvalue weighted by atomic mass is 10.1. The Morgan fingerprint density at radius 3 is 2.38 bits per heavy atom. The highest BCUT2D eigenvalue weighted by molar-refractivity contribution is 7.98. The van der Waals surface area contributed by atoms with Crippen LogP contribution in [0.1, 0.15) is 22.5 Å². The van der Waals surface area contributed by atoms with Gasteiger partial charge in [-0.05, 0) is 54.8 Å². The summed E-state index contributed by atoms with van der Waals surface area (Å²) in [5.74, 6) is 2.04. The molecule has 0 atom stereocenters. The van der Waals surface area contributed by atoms with E-state index >= 15 is 0 Å².